The van der Waals surface area contributed by atoms with Gasteiger partial charge in [0.05, 0.1) is 6.54 Å². The average Bonchev–Trinajstić information content (AvgIpc) is 2.92. The van der Waals surface area contributed by atoms with Crippen LogP contribution in [0, 0.1) is 6.92 Å². The zero-order valence-corrected chi connectivity index (χ0v) is 10.8. The van der Waals surface area contributed by atoms with Crippen molar-refractivity contribution in [3.63, 3.8) is 0 Å². The van der Waals surface area contributed by atoms with Crippen LogP contribution in [-0.2, 0) is 6.54 Å². The highest BCUT2D eigenvalue weighted by Gasteiger charge is 2.01. The van der Waals surface area contributed by atoms with Crippen LogP contribution < -0.4 is 0 Å². The molecule has 3 rings (SSSR count). The first-order chi connectivity index (χ1) is 9.31. The second-order valence-electron chi connectivity index (χ2n) is 4.66. The molecule has 0 unspecified atom stereocenters. The molecule has 1 aromatic heterocycles. The molecule has 0 radical (unpaired) electrons. The second-order valence-corrected chi connectivity index (χ2v) is 4.66. The molecule has 3 heteroatoms. The van der Waals surface area contributed by atoms with Crippen LogP contribution in [0.1, 0.15) is 11.1 Å². The molecule has 0 saturated carbocycles. The molecule has 0 spiro atoms. The zero-order chi connectivity index (χ0) is 13.1. The lowest BCUT2D eigenvalue weighted by atomic mass is 10.0. The van der Waals surface area contributed by atoms with Gasteiger partial charge in [-0.2, -0.15) is 5.10 Å². The molecule has 0 aliphatic rings. The molecule has 0 N–H and O–H groups in total. The summed E-state index contributed by atoms with van der Waals surface area (Å²) in [6.07, 6.45) is 3.30. The minimum atomic E-state index is 0.750. The molecule has 0 atom stereocenters. The fourth-order valence-corrected chi connectivity index (χ4v) is 2.18. The van der Waals surface area contributed by atoms with E-state index in [9.17, 15) is 0 Å². The van der Waals surface area contributed by atoms with Crippen LogP contribution in [0.5, 0.6) is 0 Å². The molecule has 0 aliphatic carbocycles. The molecule has 0 aliphatic heterocycles. The Morgan fingerprint density at radius 3 is 2.53 bits per heavy atom. The summed E-state index contributed by atoms with van der Waals surface area (Å²) in [5.41, 5.74) is 4.99. The predicted octanol–water partition coefficient (Wildman–Crippen LogP) is 3.30. The average molecular weight is 249 g/mol. The Hall–Kier alpha value is -2.42. The Morgan fingerprint density at radius 1 is 1.00 bits per heavy atom. The van der Waals surface area contributed by atoms with Gasteiger partial charge in [0.1, 0.15) is 12.7 Å². The van der Waals surface area contributed by atoms with Crippen LogP contribution in [0.4, 0.5) is 0 Å². The van der Waals surface area contributed by atoms with Gasteiger partial charge in [-0.15, -0.1) is 0 Å². The van der Waals surface area contributed by atoms with Crippen molar-refractivity contribution in [2.24, 2.45) is 0 Å². The minimum Gasteiger partial charge on any atom is -0.249 e. The third kappa shape index (κ3) is 2.71. The van der Waals surface area contributed by atoms with Crippen molar-refractivity contribution in [1.82, 2.24) is 14.8 Å². The lowest BCUT2D eigenvalue weighted by Gasteiger charge is -2.06. The summed E-state index contributed by atoms with van der Waals surface area (Å²) in [6, 6.07) is 17.1. The van der Waals surface area contributed by atoms with E-state index in [-0.39, 0.29) is 0 Å². The highest BCUT2D eigenvalue weighted by Crippen LogP contribution is 2.21. The largest absolute Gasteiger partial charge is 0.249 e. The van der Waals surface area contributed by atoms with Gasteiger partial charge < -0.3 is 0 Å². The van der Waals surface area contributed by atoms with Crippen LogP contribution >= 0.6 is 0 Å². The number of hydrogen-bond donors (Lipinski definition) is 0. The van der Waals surface area contributed by atoms with Gasteiger partial charge in [0.15, 0.2) is 0 Å². The standard InChI is InChI=1S/C16H15N3/c1-13-4-2-6-15(8-13)16-7-3-5-14(9-16)10-19-12-17-11-18-19/h2-9,11-12H,10H2,1H3. The molecule has 3 aromatic rings. The van der Waals surface area contributed by atoms with Crippen molar-refractivity contribution in [1.29, 1.82) is 0 Å². The topological polar surface area (TPSA) is 30.7 Å². The molecule has 3 nitrogen and oxygen atoms in total. The zero-order valence-electron chi connectivity index (χ0n) is 10.8. The summed E-state index contributed by atoms with van der Waals surface area (Å²) in [7, 11) is 0. The van der Waals surface area contributed by atoms with Crippen molar-refractivity contribution in [2.75, 3.05) is 0 Å². The first-order valence-corrected chi connectivity index (χ1v) is 6.30. The SMILES string of the molecule is Cc1cccc(-c2cccc(Cn3cncn3)c2)c1. The Balaban J connectivity index is 1.91. The van der Waals surface area contributed by atoms with E-state index >= 15 is 0 Å². The molecule has 1 heterocycles. The number of nitrogens with zero attached hydrogens (tertiary/aromatic N) is 3. The van der Waals surface area contributed by atoms with Crippen molar-refractivity contribution in [3.8, 4) is 11.1 Å². The number of aromatic nitrogens is 3. The molecule has 2 aromatic carbocycles. The quantitative estimate of drug-likeness (QED) is 0.713. The Labute approximate surface area is 112 Å². The molecule has 0 saturated heterocycles. The smallest absolute Gasteiger partial charge is 0.137 e. The van der Waals surface area contributed by atoms with Crippen LogP contribution in [0.25, 0.3) is 11.1 Å². The summed E-state index contributed by atoms with van der Waals surface area (Å²) in [4.78, 5) is 3.96. The summed E-state index contributed by atoms with van der Waals surface area (Å²) in [6.45, 7) is 2.86. The first-order valence-electron chi connectivity index (χ1n) is 6.30. The van der Waals surface area contributed by atoms with E-state index in [0.29, 0.717) is 0 Å². The Kier molecular flexibility index (Phi) is 3.11. The molecular formula is C16H15N3. The van der Waals surface area contributed by atoms with Gasteiger partial charge in [-0.3, -0.25) is 0 Å². The summed E-state index contributed by atoms with van der Waals surface area (Å²) < 4.78 is 1.83. The molecule has 0 fully saturated rings. The maximum atomic E-state index is 4.13. The van der Waals surface area contributed by atoms with E-state index in [1.807, 2.05) is 4.68 Å². The number of rotatable bonds is 3. The van der Waals surface area contributed by atoms with E-state index in [1.54, 1.807) is 12.7 Å². The predicted molar refractivity (Wildman–Crippen MR) is 75.7 cm³/mol. The second kappa shape index (κ2) is 5.06. The van der Waals surface area contributed by atoms with Crippen LogP contribution in [0.15, 0.2) is 61.2 Å². The lowest BCUT2D eigenvalue weighted by molar-refractivity contribution is 0.685. The van der Waals surface area contributed by atoms with Gasteiger partial charge in [0.25, 0.3) is 0 Å². The van der Waals surface area contributed by atoms with Gasteiger partial charge in [0.2, 0.25) is 0 Å². The summed E-state index contributed by atoms with van der Waals surface area (Å²) >= 11 is 0. The third-order valence-electron chi connectivity index (χ3n) is 3.09. The monoisotopic (exact) mass is 249 g/mol. The Morgan fingerprint density at radius 2 is 1.79 bits per heavy atom. The molecule has 0 amide bonds. The van der Waals surface area contributed by atoms with Crippen molar-refractivity contribution >= 4 is 0 Å². The van der Waals surface area contributed by atoms with Gasteiger partial charge >= 0.3 is 0 Å². The highest BCUT2D eigenvalue weighted by molar-refractivity contribution is 5.64. The maximum Gasteiger partial charge on any atom is 0.137 e. The van der Waals surface area contributed by atoms with E-state index in [4.69, 9.17) is 0 Å². The van der Waals surface area contributed by atoms with Crippen molar-refractivity contribution < 1.29 is 0 Å². The molecule has 19 heavy (non-hydrogen) atoms. The van der Waals surface area contributed by atoms with Crippen molar-refractivity contribution in [3.05, 3.63) is 72.3 Å². The fourth-order valence-electron chi connectivity index (χ4n) is 2.18. The van der Waals surface area contributed by atoms with E-state index in [0.717, 1.165) is 6.54 Å². The number of benzene rings is 2. The van der Waals surface area contributed by atoms with Crippen LogP contribution in [-0.4, -0.2) is 14.8 Å². The summed E-state index contributed by atoms with van der Waals surface area (Å²) in [5.74, 6) is 0. The normalized spacial score (nSPS) is 10.6. The number of aryl methyl sites for hydroxylation is 1. The molecule has 0 bridgehead atoms. The maximum absolute atomic E-state index is 4.13. The molecular weight excluding hydrogens is 234 g/mol. The third-order valence-corrected chi connectivity index (χ3v) is 3.09. The minimum absolute atomic E-state index is 0.750. The van der Waals surface area contributed by atoms with E-state index in [2.05, 4.69) is 65.5 Å². The number of hydrogen-bond acceptors (Lipinski definition) is 2. The van der Waals surface area contributed by atoms with Gasteiger partial charge in [-0.05, 0) is 29.7 Å². The van der Waals surface area contributed by atoms with E-state index in [1.165, 1.54) is 22.3 Å². The summed E-state index contributed by atoms with van der Waals surface area (Å²) in [5, 5.41) is 4.13. The van der Waals surface area contributed by atoms with Crippen LogP contribution in [0.2, 0.25) is 0 Å². The fraction of sp³-hybridized carbons (Fsp3) is 0.125. The van der Waals surface area contributed by atoms with Gasteiger partial charge in [-0.1, -0.05) is 48.0 Å². The van der Waals surface area contributed by atoms with Gasteiger partial charge in [0, 0.05) is 0 Å². The van der Waals surface area contributed by atoms with Crippen LogP contribution in [0.3, 0.4) is 0 Å². The first kappa shape index (κ1) is 11.7. The van der Waals surface area contributed by atoms with Crippen molar-refractivity contribution in [2.45, 2.75) is 13.5 Å². The Bertz CT molecular complexity index is 672. The van der Waals surface area contributed by atoms with Gasteiger partial charge in [-0.25, -0.2) is 9.67 Å². The highest BCUT2D eigenvalue weighted by atomic mass is 15.3. The lowest BCUT2D eigenvalue weighted by Crippen LogP contribution is -1.99. The van der Waals surface area contributed by atoms with E-state index < -0.39 is 0 Å². The molecule has 94 valence electrons.